The molecule has 19 rings (SSSR count). The summed E-state index contributed by atoms with van der Waals surface area (Å²) in [5.74, 6) is 2.36. The minimum absolute atomic E-state index is 0.177. The number of halogens is 8. The Morgan fingerprint density at radius 3 is 1.29 bits per heavy atom. The molecule has 48 heteroatoms. The molecule has 1 amide bonds. The molecule has 670 valence electrons. The number of rotatable bonds is 8. The average Bonchev–Trinajstić information content (AvgIpc) is 1.71. The molecule has 5 fully saturated rings. The monoisotopic (exact) mass is 2110 g/mol. The smallest absolute Gasteiger partial charge is 0.444 e. The van der Waals surface area contributed by atoms with Crippen LogP contribution in [0.2, 0.25) is 26.2 Å². The zero-order valence-electron chi connectivity index (χ0n) is 70.9. The third kappa shape index (κ3) is 24.3. The fraction of sp³-hybridized carbons (Fsp3) is 0.405. The van der Waals surface area contributed by atoms with E-state index in [1.165, 1.54) is 10.4 Å². The van der Waals surface area contributed by atoms with Crippen molar-refractivity contribution in [1.29, 1.82) is 0 Å². The van der Waals surface area contributed by atoms with E-state index < -0.39 is 12.7 Å². The first-order valence-electron chi connectivity index (χ1n) is 39.5. The fourth-order valence-corrected chi connectivity index (χ4v) is 20.7. The van der Waals surface area contributed by atoms with Crippen molar-refractivity contribution in [3.63, 3.8) is 0 Å². The zero-order valence-corrected chi connectivity index (χ0v) is 83.5. The number of carbonyl (C=O) groups excluding carboxylic acids is 1. The van der Waals surface area contributed by atoms with E-state index in [1.807, 2.05) is 75.3 Å². The number of carbonyl (C=O) groups is 1. The van der Waals surface area contributed by atoms with Crippen molar-refractivity contribution >= 4 is 268 Å². The van der Waals surface area contributed by atoms with Gasteiger partial charge >= 0.3 is 13.2 Å². The number of nitrogens with two attached hydrogens (primary N) is 4. The Hall–Kier alpha value is -7.74. The molecule has 0 atom stereocenters. The van der Waals surface area contributed by atoms with Gasteiger partial charge in [0.25, 0.3) is 0 Å². The van der Waals surface area contributed by atoms with Gasteiger partial charge in [-0.25, -0.2) is 94.5 Å². The first-order chi connectivity index (χ1) is 60.4. The summed E-state index contributed by atoms with van der Waals surface area (Å²) < 4.78 is 40.9. The number of fused-ring (bicyclic) bond motifs is 5. The summed E-state index contributed by atoms with van der Waals surface area (Å²) in [5.41, 5.74) is 32.1. The number of hydrogen-bond acceptors (Lipinski definition) is 38. The van der Waals surface area contributed by atoms with Crippen LogP contribution in [-0.2, 0) is 34.8 Å². The molecule has 0 aromatic carbocycles. The normalized spacial score (nSPS) is 15.7. The number of hydrogen-bond donors (Lipinski definition) is 5. The largest absolute Gasteiger partial charge is 0.498 e. The molecule has 5 saturated heterocycles. The van der Waals surface area contributed by atoms with Gasteiger partial charge in [-0.1, -0.05) is 23.2 Å². The second-order valence-corrected chi connectivity index (χ2v) is 41.0. The maximum Gasteiger partial charge on any atom is 0.498 e. The molecule has 0 radical (unpaired) electrons. The number of nitrogens with zero attached hydrogens (tertiary/aromatic N) is 22. The van der Waals surface area contributed by atoms with Crippen LogP contribution < -0.4 is 43.5 Å². The first kappa shape index (κ1) is 96.8. The molecular formula is C79H88BBr3Cl5N27O7S5. The molecule has 127 heavy (non-hydrogen) atoms. The van der Waals surface area contributed by atoms with Crippen molar-refractivity contribution in [3.8, 4) is 33.8 Å². The van der Waals surface area contributed by atoms with E-state index in [1.54, 1.807) is 111 Å². The molecule has 0 bridgehead atoms. The van der Waals surface area contributed by atoms with Crippen LogP contribution in [0.1, 0.15) is 78.4 Å². The van der Waals surface area contributed by atoms with Crippen molar-refractivity contribution in [2.24, 2.45) is 0 Å². The molecule has 5 aliphatic rings. The van der Waals surface area contributed by atoms with Gasteiger partial charge in [0.05, 0.1) is 116 Å². The van der Waals surface area contributed by atoms with Crippen molar-refractivity contribution in [2.45, 2.75) is 106 Å². The Kier molecular flexibility index (Phi) is 32.5. The van der Waals surface area contributed by atoms with Gasteiger partial charge in [-0.05, 0) is 172 Å². The van der Waals surface area contributed by atoms with Gasteiger partial charge in [-0.3, -0.25) is 4.90 Å². The van der Waals surface area contributed by atoms with Crippen LogP contribution in [0.15, 0.2) is 69.1 Å². The van der Waals surface area contributed by atoms with Crippen LogP contribution >= 0.6 is 162 Å². The molecule has 0 spiro atoms. The number of amides is 1. The third-order valence-electron chi connectivity index (χ3n) is 19.9. The number of anilines is 6. The van der Waals surface area contributed by atoms with Gasteiger partial charge < -0.3 is 71.2 Å². The zero-order chi connectivity index (χ0) is 90.9. The molecular weight excluding hydrogens is 2030 g/mol. The molecule has 34 nitrogen and oxygen atoms in total. The van der Waals surface area contributed by atoms with Crippen LogP contribution in [-0.4, -0.2) is 235 Å². The molecule has 14 aromatic rings. The van der Waals surface area contributed by atoms with Gasteiger partial charge in [0.1, 0.15) is 22.2 Å². The van der Waals surface area contributed by atoms with Crippen LogP contribution in [0.25, 0.3) is 84.9 Å². The number of morpholine rings is 3. The lowest BCUT2D eigenvalue weighted by Gasteiger charge is -2.35. The van der Waals surface area contributed by atoms with E-state index >= 15 is 0 Å². The standard InChI is InChI=1S/C25H34N8O3S.C15H15BrN6OS.C11H7BrClN5S.C10H16BN3O2.C7H3BrCl2N2S.C7H4Cl2N2S.C4H9NO/c1-16-18(15-31-5-7-33(8-6-31)24(34)36-25(2,3)4)20-21(37-16)19(17-13-27-22(26)28-14-17)29-23(30-20)32-9-11-35-12-10-32;1-8-10(16)12-13(24-8)11(9-6-18-14(17)19-7-9)20-15(21-12)22-2-4-23-5-3-22;1-4-6(12)8-9(19-4)7(17-10(13)18-8)5-2-15-11(14)16-3-5;1-9(2)10(3,4)16-11(15-9)7-5-13-8(12)14-6-7;1-2-3(8)4-5(13-2)6(9)12-7(10)11-4;1-3-2-4-5(12-3)6(8)11-7(9)10-4;1-3-6-4-2-5-1/h13-14H,5-12,15H2,1-4H3,(H2,26,27,28);6-7H,2-5H2,1H3,(H2,17,18,19);2-3H,1H3,(H2,14,15,16);5-6H,1-4H3,(H2,12,13,14);1H3;2H,1H3;5H,1-4H2. The highest BCUT2D eigenvalue weighted by Gasteiger charge is 2.52. The first-order valence-corrected chi connectivity index (χ1v) is 47.9. The minimum Gasteiger partial charge on any atom is -0.444 e. The third-order valence-corrected chi connectivity index (χ3v) is 30.4. The number of thiophene rings is 5. The molecule has 19 heterocycles. The lowest BCUT2D eigenvalue weighted by molar-refractivity contribution is 0.00578. The Bertz CT molecular complexity index is 6180. The van der Waals surface area contributed by atoms with Gasteiger partial charge in [0, 0.05) is 174 Å². The van der Waals surface area contributed by atoms with Crippen LogP contribution in [0.4, 0.5) is 40.5 Å². The number of ether oxygens (including phenoxy) is 4. The summed E-state index contributed by atoms with van der Waals surface area (Å²) in [5, 5.41) is 4.57. The number of nitrogen functional groups attached to an aromatic ring is 4. The van der Waals surface area contributed by atoms with Crippen LogP contribution in [0.3, 0.4) is 0 Å². The number of piperazine rings is 1. The van der Waals surface area contributed by atoms with E-state index in [0.29, 0.717) is 67.4 Å². The second-order valence-electron chi connectivity index (χ2n) is 30.7. The van der Waals surface area contributed by atoms with Crippen molar-refractivity contribution in [2.75, 3.05) is 138 Å². The van der Waals surface area contributed by atoms with Gasteiger partial charge in [-0.2, -0.15) is 0 Å². The minimum atomic E-state index is -0.494. The number of aromatic nitrogens is 18. The molecule has 0 unspecified atom stereocenters. The second kappa shape index (κ2) is 42.7. The topological polar surface area (TPSA) is 434 Å². The Labute approximate surface area is 801 Å². The summed E-state index contributed by atoms with van der Waals surface area (Å²) in [6.45, 7) is 37.0. The van der Waals surface area contributed by atoms with E-state index in [2.05, 4.69) is 151 Å². The van der Waals surface area contributed by atoms with E-state index in [9.17, 15) is 4.79 Å². The van der Waals surface area contributed by atoms with Gasteiger partial charge in [0.2, 0.25) is 51.5 Å². The number of aryl methyl sites for hydroxylation is 5. The maximum absolute atomic E-state index is 12.5. The molecule has 5 aliphatic heterocycles. The summed E-state index contributed by atoms with van der Waals surface area (Å²) in [6.07, 6.45) is 13.1. The van der Waals surface area contributed by atoms with E-state index in [4.69, 9.17) is 129 Å². The van der Waals surface area contributed by atoms with E-state index in [0.717, 1.165) is 190 Å². The predicted molar refractivity (Wildman–Crippen MR) is 520 cm³/mol. The van der Waals surface area contributed by atoms with Gasteiger partial charge in [0.15, 0.2) is 10.3 Å². The van der Waals surface area contributed by atoms with Crippen LogP contribution in [0.5, 0.6) is 0 Å². The Balaban J connectivity index is 0.000000134. The molecule has 14 aromatic heterocycles. The lowest BCUT2D eigenvalue weighted by atomic mass is 9.81. The Morgan fingerprint density at radius 2 is 0.850 bits per heavy atom. The Morgan fingerprint density at radius 1 is 0.472 bits per heavy atom. The lowest BCUT2D eigenvalue weighted by Crippen LogP contribution is -2.49. The summed E-state index contributed by atoms with van der Waals surface area (Å²) in [4.78, 5) is 103. The maximum atomic E-state index is 12.5. The quantitative estimate of drug-likeness (QED) is 0.0536. The van der Waals surface area contributed by atoms with Gasteiger partial charge in [-0.15, -0.1) is 56.7 Å². The SMILES string of the molecule is C1COCCN1.CC1(C)OB(c2cnc(N)nc2)OC1(C)C.Cc1cc2nc(Cl)nc(Cl)c2s1.Cc1sc2c(-c3cnc(N)nc3)nc(Cl)nc2c1Br.Cc1sc2c(-c3cnc(N)nc3)nc(N3CCOCC3)nc2c1Br.Cc1sc2c(-c3cnc(N)nc3)nc(N3CCOCC3)nc2c1CN1CCN(C(=O)OC(C)(C)C)CC1.Cc1sc2c(Cl)nc(Cl)nc2c1Br. The summed E-state index contributed by atoms with van der Waals surface area (Å²) in [7, 11) is -0.425. The highest BCUT2D eigenvalue weighted by atomic mass is 79.9. The number of nitrogens with one attached hydrogen (secondary N) is 1. The predicted octanol–water partition coefficient (Wildman–Crippen LogP) is 16.4. The van der Waals surface area contributed by atoms with Crippen molar-refractivity contribution in [1.82, 2.24) is 105 Å². The van der Waals surface area contributed by atoms with Crippen molar-refractivity contribution in [3.05, 3.63) is 125 Å². The highest BCUT2D eigenvalue weighted by molar-refractivity contribution is 9.11. The summed E-state index contributed by atoms with van der Waals surface area (Å²) in [6, 6.07) is 1.94. The van der Waals surface area contributed by atoms with E-state index in [-0.39, 0.29) is 56.9 Å². The molecule has 9 N–H and O–H groups in total. The summed E-state index contributed by atoms with van der Waals surface area (Å²) >= 11 is 47.7. The highest BCUT2D eigenvalue weighted by Crippen LogP contribution is 2.44. The molecule has 0 saturated carbocycles. The average molecular weight is 2120 g/mol. The molecule has 0 aliphatic carbocycles. The van der Waals surface area contributed by atoms with Crippen LogP contribution in [0, 0.1) is 34.6 Å². The fourth-order valence-electron chi connectivity index (χ4n) is 12.8. The van der Waals surface area contributed by atoms with Crippen molar-refractivity contribution < 1.29 is 33.1 Å².